The van der Waals surface area contributed by atoms with Crippen LogP contribution in [0.4, 0.5) is 0 Å². The standard InChI is InChI=1S/C16H30N2O3/c1-7-21-14(19)11-18(15(20)16(3,4)5)13-9-8-12(2)17(6)10-13/h12-13H,7-11H2,1-6H3/t12-,13?/m1/s1. The zero-order valence-electron chi connectivity index (χ0n) is 14.3. The maximum absolute atomic E-state index is 12.7. The Morgan fingerprint density at radius 3 is 2.38 bits per heavy atom. The molecule has 0 aliphatic carbocycles. The van der Waals surface area contributed by atoms with Crippen LogP contribution in [0.25, 0.3) is 0 Å². The van der Waals surface area contributed by atoms with Gasteiger partial charge in [0, 0.05) is 24.0 Å². The van der Waals surface area contributed by atoms with Crippen molar-refractivity contribution < 1.29 is 14.3 Å². The number of hydrogen-bond acceptors (Lipinski definition) is 4. The molecule has 1 rings (SSSR count). The third kappa shape index (κ3) is 4.99. The zero-order chi connectivity index (χ0) is 16.2. The molecule has 1 amide bonds. The zero-order valence-corrected chi connectivity index (χ0v) is 14.3. The summed E-state index contributed by atoms with van der Waals surface area (Å²) in [6.45, 7) is 10.9. The van der Waals surface area contributed by atoms with Crippen LogP contribution in [0.1, 0.15) is 47.5 Å². The van der Waals surface area contributed by atoms with Crippen molar-refractivity contribution in [2.75, 3.05) is 26.7 Å². The van der Waals surface area contributed by atoms with Crippen LogP contribution in [0.3, 0.4) is 0 Å². The van der Waals surface area contributed by atoms with Gasteiger partial charge in [-0.1, -0.05) is 20.8 Å². The summed E-state index contributed by atoms with van der Waals surface area (Å²) < 4.78 is 5.03. The number of ether oxygens (including phenoxy) is 1. The van der Waals surface area contributed by atoms with E-state index in [0.717, 1.165) is 19.4 Å². The predicted octanol–water partition coefficient (Wildman–Crippen LogP) is 1.91. The van der Waals surface area contributed by atoms with Gasteiger partial charge >= 0.3 is 5.97 Å². The largest absolute Gasteiger partial charge is 0.465 e. The highest BCUT2D eigenvalue weighted by Crippen LogP contribution is 2.25. The summed E-state index contributed by atoms with van der Waals surface area (Å²) in [6, 6.07) is 0.609. The molecule has 5 nitrogen and oxygen atoms in total. The van der Waals surface area contributed by atoms with Crippen LogP contribution in [0, 0.1) is 5.41 Å². The van der Waals surface area contributed by atoms with E-state index in [1.165, 1.54) is 0 Å². The van der Waals surface area contributed by atoms with Crippen molar-refractivity contribution in [3.8, 4) is 0 Å². The first kappa shape index (κ1) is 18.0. The first-order valence-corrected chi connectivity index (χ1v) is 7.83. The summed E-state index contributed by atoms with van der Waals surface area (Å²) in [5.41, 5.74) is -0.492. The smallest absolute Gasteiger partial charge is 0.325 e. The molecule has 1 unspecified atom stereocenters. The Morgan fingerprint density at radius 1 is 1.29 bits per heavy atom. The van der Waals surface area contributed by atoms with Crippen molar-refractivity contribution in [2.24, 2.45) is 5.41 Å². The highest BCUT2D eigenvalue weighted by atomic mass is 16.5. The number of esters is 1. The molecule has 5 heteroatoms. The summed E-state index contributed by atoms with van der Waals surface area (Å²) in [5, 5.41) is 0. The number of piperidine rings is 1. The predicted molar refractivity (Wildman–Crippen MR) is 82.9 cm³/mol. The molecule has 2 atom stereocenters. The Labute approximate surface area is 128 Å². The van der Waals surface area contributed by atoms with Crippen LogP contribution in [0.15, 0.2) is 0 Å². The lowest BCUT2D eigenvalue weighted by atomic mass is 9.91. The van der Waals surface area contributed by atoms with Crippen LogP contribution in [0.2, 0.25) is 0 Å². The molecule has 1 fully saturated rings. The van der Waals surface area contributed by atoms with E-state index >= 15 is 0 Å². The maximum Gasteiger partial charge on any atom is 0.325 e. The number of hydrogen-bond donors (Lipinski definition) is 0. The third-order valence-corrected chi connectivity index (χ3v) is 4.12. The van der Waals surface area contributed by atoms with Gasteiger partial charge in [0.05, 0.1) is 6.61 Å². The van der Waals surface area contributed by atoms with Gasteiger partial charge in [-0.15, -0.1) is 0 Å². The van der Waals surface area contributed by atoms with Crippen molar-refractivity contribution in [2.45, 2.75) is 59.5 Å². The van der Waals surface area contributed by atoms with Gasteiger partial charge in [0.1, 0.15) is 6.54 Å². The molecule has 0 N–H and O–H groups in total. The maximum atomic E-state index is 12.7. The van der Waals surface area contributed by atoms with Gasteiger partial charge in [0.25, 0.3) is 0 Å². The number of amides is 1. The van der Waals surface area contributed by atoms with Crippen LogP contribution in [-0.4, -0.2) is 60.5 Å². The molecule has 0 aromatic heterocycles. The number of likely N-dealkylation sites (tertiary alicyclic amines) is 1. The highest BCUT2D eigenvalue weighted by Gasteiger charge is 2.36. The fraction of sp³-hybridized carbons (Fsp3) is 0.875. The molecule has 1 heterocycles. The molecule has 21 heavy (non-hydrogen) atoms. The second kappa shape index (κ2) is 7.25. The number of carbonyl (C=O) groups is 2. The van der Waals surface area contributed by atoms with E-state index in [0.29, 0.717) is 12.6 Å². The molecule has 0 bridgehead atoms. The lowest BCUT2D eigenvalue weighted by Gasteiger charge is -2.42. The van der Waals surface area contributed by atoms with Gasteiger partial charge in [-0.25, -0.2) is 0 Å². The monoisotopic (exact) mass is 298 g/mol. The molecule has 0 aromatic rings. The van der Waals surface area contributed by atoms with Crippen molar-refractivity contribution in [3.63, 3.8) is 0 Å². The van der Waals surface area contributed by atoms with Gasteiger partial charge < -0.3 is 14.5 Å². The normalized spacial score (nSPS) is 23.7. The average molecular weight is 298 g/mol. The van der Waals surface area contributed by atoms with Crippen LogP contribution in [-0.2, 0) is 14.3 Å². The van der Waals surface area contributed by atoms with E-state index in [1.54, 1.807) is 11.8 Å². The van der Waals surface area contributed by atoms with E-state index in [4.69, 9.17) is 4.74 Å². The molecule has 0 radical (unpaired) electrons. The third-order valence-electron chi connectivity index (χ3n) is 4.12. The van der Waals surface area contributed by atoms with E-state index in [2.05, 4.69) is 18.9 Å². The second-order valence-electron chi connectivity index (χ2n) is 7.01. The number of carbonyl (C=O) groups excluding carboxylic acids is 2. The van der Waals surface area contributed by atoms with Gasteiger partial charge in [0.15, 0.2) is 0 Å². The minimum atomic E-state index is -0.492. The van der Waals surface area contributed by atoms with Gasteiger partial charge in [-0.05, 0) is 33.7 Å². The lowest BCUT2D eigenvalue weighted by Crippen LogP contribution is -2.55. The minimum Gasteiger partial charge on any atom is -0.465 e. The Kier molecular flexibility index (Phi) is 6.20. The number of nitrogens with zero attached hydrogens (tertiary/aromatic N) is 2. The first-order chi connectivity index (χ1) is 9.66. The number of likely N-dealkylation sites (N-methyl/N-ethyl adjacent to an activating group) is 1. The van der Waals surface area contributed by atoms with Crippen molar-refractivity contribution in [1.82, 2.24) is 9.80 Å². The minimum absolute atomic E-state index is 0.0171. The first-order valence-electron chi connectivity index (χ1n) is 7.83. The Bertz CT molecular complexity index is 376. The van der Waals surface area contributed by atoms with Gasteiger partial charge in [-0.3, -0.25) is 9.59 Å². The van der Waals surface area contributed by atoms with Crippen LogP contribution < -0.4 is 0 Å². The fourth-order valence-electron chi connectivity index (χ4n) is 2.66. The summed E-state index contributed by atoms with van der Waals surface area (Å²) in [6.07, 6.45) is 1.98. The number of rotatable bonds is 4. The summed E-state index contributed by atoms with van der Waals surface area (Å²) >= 11 is 0. The van der Waals surface area contributed by atoms with Crippen molar-refractivity contribution in [3.05, 3.63) is 0 Å². The molecular weight excluding hydrogens is 268 g/mol. The SMILES string of the molecule is CCOC(=O)CN(C(=O)C(C)(C)C)C1CC[C@@H](C)N(C)C1. The van der Waals surface area contributed by atoms with Crippen molar-refractivity contribution >= 4 is 11.9 Å². The topological polar surface area (TPSA) is 49.9 Å². The second-order valence-corrected chi connectivity index (χ2v) is 7.01. The van der Waals surface area contributed by atoms with Crippen molar-refractivity contribution in [1.29, 1.82) is 0 Å². The van der Waals surface area contributed by atoms with E-state index in [9.17, 15) is 9.59 Å². The van der Waals surface area contributed by atoms with Gasteiger partial charge in [0.2, 0.25) is 5.91 Å². The molecule has 122 valence electrons. The molecule has 0 saturated carbocycles. The highest BCUT2D eigenvalue weighted by molar-refractivity contribution is 5.85. The molecule has 0 spiro atoms. The Morgan fingerprint density at radius 2 is 1.90 bits per heavy atom. The van der Waals surface area contributed by atoms with Crippen LogP contribution >= 0.6 is 0 Å². The average Bonchev–Trinajstić information content (AvgIpc) is 2.38. The van der Waals surface area contributed by atoms with E-state index in [-0.39, 0.29) is 24.5 Å². The van der Waals surface area contributed by atoms with Crippen LogP contribution in [0.5, 0.6) is 0 Å². The molecule has 1 aliphatic rings. The molecular formula is C16H30N2O3. The summed E-state index contributed by atoms with van der Waals surface area (Å²) in [5.74, 6) is -0.306. The van der Waals surface area contributed by atoms with Gasteiger partial charge in [-0.2, -0.15) is 0 Å². The Balaban J connectivity index is 2.86. The fourth-order valence-corrected chi connectivity index (χ4v) is 2.66. The molecule has 0 aromatic carbocycles. The Hall–Kier alpha value is -1.10. The quantitative estimate of drug-likeness (QED) is 0.744. The molecule has 1 saturated heterocycles. The lowest BCUT2D eigenvalue weighted by molar-refractivity contribution is -0.154. The molecule has 1 aliphatic heterocycles. The summed E-state index contributed by atoms with van der Waals surface area (Å²) in [4.78, 5) is 28.5. The summed E-state index contributed by atoms with van der Waals surface area (Å²) in [7, 11) is 2.07. The van der Waals surface area contributed by atoms with E-state index < -0.39 is 5.41 Å². The van der Waals surface area contributed by atoms with E-state index in [1.807, 2.05) is 20.8 Å².